The Morgan fingerprint density at radius 2 is 1.58 bits per heavy atom. The number of H-pyrrole nitrogens is 2. The second-order valence-corrected chi connectivity index (χ2v) is 2.47. The van der Waals surface area contributed by atoms with Crippen LogP contribution in [0.4, 0.5) is 0 Å². The molecule has 0 aliphatic rings. The molecule has 0 fully saturated rings. The van der Waals surface area contributed by atoms with Gasteiger partial charge in [0.25, 0.3) is 0 Å². The van der Waals surface area contributed by atoms with Crippen LogP contribution < -0.4 is 44.8 Å². The van der Waals surface area contributed by atoms with Crippen LogP contribution in [0.1, 0.15) is 0 Å². The summed E-state index contributed by atoms with van der Waals surface area (Å²) in [6.07, 6.45) is 2.43. The van der Waals surface area contributed by atoms with Gasteiger partial charge < -0.3 is 32.2 Å². The molecule has 0 unspecified atom stereocenters. The van der Waals surface area contributed by atoms with Crippen LogP contribution >= 0.6 is 0 Å². The fourth-order valence-corrected chi connectivity index (χ4v) is 0.706. The largest absolute Gasteiger partial charge is 2.00 e. The van der Waals surface area contributed by atoms with Crippen LogP contribution in [0, 0.1) is 0 Å². The van der Waals surface area contributed by atoms with Crippen LogP contribution in [0.25, 0.3) is 0 Å². The van der Waals surface area contributed by atoms with Crippen molar-refractivity contribution in [1.82, 2.24) is 32.2 Å². The molecule has 8 N–H and O–H groups in total. The van der Waals surface area contributed by atoms with Crippen molar-refractivity contribution in [2.45, 2.75) is 0 Å². The summed E-state index contributed by atoms with van der Waals surface area (Å²) in [6, 6.07) is 2.36. The van der Waals surface area contributed by atoms with Crippen molar-refractivity contribution >= 4 is 0 Å². The van der Waals surface area contributed by atoms with Crippen LogP contribution in [0.2, 0.25) is 0 Å². The van der Waals surface area contributed by atoms with Gasteiger partial charge in [-0.15, -0.1) is 0 Å². The number of aromatic nitrogens is 4. The van der Waals surface area contributed by atoms with E-state index < -0.39 is 22.5 Å². The van der Waals surface area contributed by atoms with E-state index >= 15 is 0 Å². The van der Waals surface area contributed by atoms with E-state index in [0.717, 1.165) is 0 Å². The van der Waals surface area contributed by atoms with Crippen LogP contribution in [0.5, 0.6) is 0 Å². The molecular weight excluding hydrogens is 310 g/mol. The average molecular weight is 322 g/mol. The van der Waals surface area contributed by atoms with Gasteiger partial charge in [0, 0.05) is 0 Å². The topological polar surface area (TPSA) is 198 Å². The first-order valence-electron chi connectivity index (χ1n) is 4.03. The van der Waals surface area contributed by atoms with E-state index in [0.29, 0.717) is 0 Å². The van der Waals surface area contributed by atoms with E-state index in [4.69, 9.17) is 0 Å². The summed E-state index contributed by atoms with van der Waals surface area (Å²) in [7, 11) is 0. The maximum absolute atomic E-state index is 10.2. The van der Waals surface area contributed by atoms with Crippen molar-refractivity contribution in [1.29, 1.82) is 0 Å². The van der Waals surface area contributed by atoms with Gasteiger partial charge in [0.15, 0.2) is 22.5 Å². The van der Waals surface area contributed by atoms with E-state index in [-0.39, 0.29) is 31.8 Å². The maximum Gasteiger partial charge on any atom is 2.00 e. The zero-order chi connectivity index (χ0) is 12.0. The van der Waals surface area contributed by atoms with E-state index in [1.54, 1.807) is 0 Å². The minimum absolute atomic E-state index is 0. The molecule has 0 spiro atoms. The molecule has 2 aromatic rings. The van der Waals surface area contributed by atoms with Gasteiger partial charge in [-0.2, -0.15) is 0 Å². The Morgan fingerprint density at radius 1 is 0.947 bits per heavy atom. The van der Waals surface area contributed by atoms with Crippen LogP contribution in [-0.4, -0.2) is 9.97 Å². The van der Waals surface area contributed by atoms with Gasteiger partial charge >= 0.3 is 19.5 Å². The fraction of sp³-hybridized carbons (Fsp3) is 0. The van der Waals surface area contributed by atoms with Gasteiger partial charge in [0.05, 0.1) is 0 Å². The third-order valence-electron chi connectivity index (χ3n) is 1.29. The number of aromatic amines is 2. The molecule has 0 bridgehead atoms. The molecule has 10 nitrogen and oxygen atoms in total. The van der Waals surface area contributed by atoms with Gasteiger partial charge in [0.1, 0.15) is 0 Å². The third-order valence-corrected chi connectivity index (χ3v) is 1.29. The average Bonchev–Trinajstić information content (AvgIpc) is 2.17. The van der Waals surface area contributed by atoms with Gasteiger partial charge in [0.2, 0.25) is 0 Å². The summed E-state index contributed by atoms with van der Waals surface area (Å²) in [4.78, 5) is 51.0. The summed E-state index contributed by atoms with van der Waals surface area (Å²) in [6.45, 7) is 0. The Hall–Kier alpha value is -2.10. The van der Waals surface area contributed by atoms with Crippen LogP contribution in [0.3, 0.4) is 0 Å². The number of hydrogen-bond donors (Lipinski definition) is 4. The van der Waals surface area contributed by atoms with Gasteiger partial charge in [-0.1, -0.05) is 12.4 Å². The quantitative estimate of drug-likeness (QED) is 0.388. The molecule has 11 heteroatoms. The maximum atomic E-state index is 10.2. The molecular formula is C8H12N6O4Zn. The molecule has 0 aromatic carbocycles. The molecule has 0 saturated carbocycles. The monoisotopic (exact) mass is 320 g/mol. The first kappa shape index (κ1) is 22.1. The number of hydrogen-bond acceptors (Lipinski definition) is 6. The molecule has 0 radical (unpaired) electrons. The normalized spacial score (nSPS) is 7.58. The minimum Gasteiger partial charge on any atom is -0.430 e. The van der Waals surface area contributed by atoms with E-state index in [1.165, 1.54) is 24.5 Å². The Labute approximate surface area is 118 Å². The van der Waals surface area contributed by atoms with Gasteiger partial charge in [-0.3, -0.25) is 19.2 Å². The molecule has 2 heterocycles. The van der Waals surface area contributed by atoms with E-state index in [9.17, 15) is 19.2 Å². The predicted octanol–water partition coefficient (Wildman–Crippen LogP) is -2.29. The van der Waals surface area contributed by atoms with Crippen LogP contribution in [0.15, 0.2) is 43.7 Å². The van der Waals surface area contributed by atoms with Gasteiger partial charge in [-0.05, 0) is 12.1 Å². The molecule has 0 aliphatic heterocycles. The molecule has 100 valence electrons. The number of rotatable bonds is 0. The molecule has 2 rings (SSSR count). The Balaban J connectivity index is -0.000000233. The van der Waals surface area contributed by atoms with Gasteiger partial charge in [-0.25, -0.2) is 0 Å². The standard InChI is InChI=1S/2C4H4N2O2.2H3N.Zn/c2*7-3-1-2-5-4(8)6-3;;;/h2*1-2H,(H2,5,6,7,8);2*1H3;/q;;;;+2/p-2. The van der Waals surface area contributed by atoms with Crippen molar-refractivity contribution in [3.05, 3.63) is 66.2 Å². The molecule has 0 atom stereocenters. The second-order valence-electron chi connectivity index (χ2n) is 2.47. The van der Waals surface area contributed by atoms with Crippen molar-refractivity contribution in [2.75, 3.05) is 0 Å². The first-order chi connectivity index (χ1) is 7.58. The summed E-state index contributed by atoms with van der Waals surface area (Å²) in [5, 5.41) is 0. The molecule has 0 amide bonds. The van der Waals surface area contributed by atoms with Crippen molar-refractivity contribution < 1.29 is 19.5 Å². The Morgan fingerprint density at radius 3 is 1.89 bits per heavy atom. The second kappa shape index (κ2) is 11.0. The zero-order valence-electron chi connectivity index (χ0n) is 9.96. The third kappa shape index (κ3) is 9.59. The molecule has 19 heavy (non-hydrogen) atoms. The van der Waals surface area contributed by atoms with Crippen molar-refractivity contribution in [3.8, 4) is 0 Å². The first-order valence-corrected chi connectivity index (χ1v) is 4.03. The summed E-state index contributed by atoms with van der Waals surface area (Å²) < 4.78 is 0. The predicted molar refractivity (Wildman–Crippen MR) is 63.3 cm³/mol. The summed E-state index contributed by atoms with van der Waals surface area (Å²) in [5.74, 6) is 0. The zero-order valence-corrected chi connectivity index (χ0v) is 12.9. The van der Waals surface area contributed by atoms with E-state index in [1.807, 2.05) is 4.98 Å². The summed E-state index contributed by atoms with van der Waals surface area (Å²) >= 11 is 0. The Kier molecular flexibility index (Phi) is 12.8. The molecule has 0 saturated heterocycles. The number of nitrogens with one attached hydrogen (secondary N) is 2. The van der Waals surface area contributed by atoms with Crippen molar-refractivity contribution in [3.63, 3.8) is 0 Å². The van der Waals surface area contributed by atoms with E-state index in [2.05, 4.69) is 15.0 Å². The summed E-state index contributed by atoms with van der Waals surface area (Å²) in [5.41, 5.74) is -2.12. The Bertz CT molecular complexity index is 561. The van der Waals surface area contributed by atoms with Crippen LogP contribution in [-0.2, 0) is 19.5 Å². The molecule has 0 aliphatic carbocycles. The van der Waals surface area contributed by atoms with Crippen molar-refractivity contribution in [2.24, 2.45) is 0 Å². The minimum atomic E-state index is -0.600. The smallest absolute Gasteiger partial charge is 0.430 e. The molecule has 2 aromatic heterocycles. The SMILES string of the molecule is N.N.O=c1cc[n-]c(=O)[nH]1.O=c1cc[nH]c(=O)[n-]1.[Zn+2]. The fourth-order valence-electron chi connectivity index (χ4n) is 0.706. The number of nitrogens with zero attached hydrogens (tertiary/aromatic N) is 2.